The van der Waals surface area contributed by atoms with E-state index in [1.807, 2.05) is 43.9 Å². The number of nitrogens with two attached hydrogens (primary N) is 1. The number of carbonyl (C=O) groups is 1. The Bertz CT molecular complexity index is 911. The number of benzene rings is 1. The third kappa shape index (κ3) is 2.61. The van der Waals surface area contributed by atoms with Crippen molar-refractivity contribution >= 4 is 44.5 Å². The van der Waals surface area contributed by atoms with Crippen molar-refractivity contribution < 1.29 is 4.79 Å². The molecule has 0 atom stereocenters. The second kappa shape index (κ2) is 6.18. The number of thiophene rings is 1. The van der Waals surface area contributed by atoms with E-state index >= 15 is 0 Å². The van der Waals surface area contributed by atoms with Gasteiger partial charge in [-0.2, -0.15) is 0 Å². The molecule has 0 aliphatic carbocycles. The summed E-state index contributed by atoms with van der Waals surface area (Å²) in [6, 6.07) is 6.09. The van der Waals surface area contributed by atoms with E-state index in [1.165, 1.54) is 11.3 Å². The van der Waals surface area contributed by atoms with Gasteiger partial charge in [0.15, 0.2) is 0 Å². The molecule has 1 aromatic carbocycles. The molecule has 0 aliphatic rings. The number of fused-ring (bicyclic) bond motifs is 1. The monoisotopic (exact) mass is 343 g/mol. The summed E-state index contributed by atoms with van der Waals surface area (Å²) in [5.74, 6) is -0.167. The molecule has 0 bridgehead atoms. The standard InChI is InChI=1S/C17H21N5OS/c1-10-5-6-13-11(7-8-21(13)3)14(10)20-17(23)12-9-24-16(18)15(12)22(4)19-2/h5-9,19H,18H2,1-4H3,(H,20,23). The maximum atomic E-state index is 12.9. The minimum Gasteiger partial charge on any atom is -0.389 e. The predicted molar refractivity (Wildman–Crippen MR) is 102 cm³/mol. The highest BCUT2D eigenvalue weighted by Gasteiger charge is 2.20. The van der Waals surface area contributed by atoms with Crippen molar-refractivity contribution in [2.24, 2.45) is 7.05 Å². The van der Waals surface area contributed by atoms with Crippen molar-refractivity contribution in [3.63, 3.8) is 0 Å². The van der Waals surface area contributed by atoms with Crippen LogP contribution in [0.1, 0.15) is 15.9 Å². The Morgan fingerprint density at radius 2 is 2.08 bits per heavy atom. The zero-order valence-corrected chi connectivity index (χ0v) is 15.0. The number of anilines is 3. The number of hydrazine groups is 1. The predicted octanol–water partition coefficient (Wildman–Crippen LogP) is 2.95. The number of nitrogens with zero attached hydrogens (tertiary/aromatic N) is 2. The minimum atomic E-state index is -0.167. The number of aryl methyl sites for hydroxylation is 2. The molecule has 4 N–H and O–H groups in total. The van der Waals surface area contributed by atoms with E-state index < -0.39 is 0 Å². The molecule has 7 heteroatoms. The Labute approximate surface area is 144 Å². The Balaban J connectivity index is 2.01. The SMILES string of the molecule is CNN(C)c1c(C(=O)Nc2c(C)ccc3c2ccn3C)csc1N. The van der Waals surface area contributed by atoms with Crippen molar-refractivity contribution in [1.29, 1.82) is 0 Å². The van der Waals surface area contributed by atoms with E-state index in [0.717, 1.165) is 22.2 Å². The molecule has 1 amide bonds. The van der Waals surface area contributed by atoms with Crippen LogP contribution in [0.15, 0.2) is 29.8 Å². The molecule has 2 heterocycles. The van der Waals surface area contributed by atoms with E-state index in [9.17, 15) is 4.79 Å². The number of hydrogen-bond donors (Lipinski definition) is 3. The number of nitrogen functional groups attached to an aromatic ring is 1. The first kappa shape index (κ1) is 16.4. The first-order valence-electron chi connectivity index (χ1n) is 7.58. The molecular weight excluding hydrogens is 322 g/mol. The maximum absolute atomic E-state index is 12.9. The summed E-state index contributed by atoms with van der Waals surface area (Å²) >= 11 is 1.36. The zero-order chi connectivity index (χ0) is 17.4. The van der Waals surface area contributed by atoms with E-state index in [4.69, 9.17) is 5.73 Å². The Hall–Kier alpha value is -2.51. The third-order valence-electron chi connectivity index (χ3n) is 4.22. The molecule has 6 nitrogen and oxygen atoms in total. The van der Waals surface area contributed by atoms with Gasteiger partial charge in [0.2, 0.25) is 0 Å². The Morgan fingerprint density at radius 3 is 2.79 bits per heavy atom. The van der Waals surface area contributed by atoms with Gasteiger partial charge in [-0.3, -0.25) is 4.79 Å². The number of rotatable bonds is 4. The summed E-state index contributed by atoms with van der Waals surface area (Å²) in [5.41, 5.74) is 13.2. The van der Waals surface area contributed by atoms with Crippen LogP contribution in [0.25, 0.3) is 10.9 Å². The van der Waals surface area contributed by atoms with Crippen LogP contribution in [0, 0.1) is 6.92 Å². The summed E-state index contributed by atoms with van der Waals surface area (Å²) in [5, 5.41) is 8.22. The molecule has 0 unspecified atom stereocenters. The molecular formula is C17H21N5OS. The lowest BCUT2D eigenvalue weighted by molar-refractivity contribution is 0.102. The van der Waals surface area contributed by atoms with Gasteiger partial charge in [-0.25, -0.2) is 5.43 Å². The van der Waals surface area contributed by atoms with Gasteiger partial charge < -0.3 is 20.6 Å². The molecule has 126 valence electrons. The largest absolute Gasteiger partial charge is 0.389 e. The molecule has 24 heavy (non-hydrogen) atoms. The summed E-state index contributed by atoms with van der Waals surface area (Å²) in [4.78, 5) is 12.9. The van der Waals surface area contributed by atoms with Gasteiger partial charge >= 0.3 is 0 Å². The van der Waals surface area contributed by atoms with Crippen molar-refractivity contribution in [3.8, 4) is 0 Å². The van der Waals surface area contributed by atoms with E-state index in [-0.39, 0.29) is 5.91 Å². The van der Waals surface area contributed by atoms with Crippen molar-refractivity contribution in [1.82, 2.24) is 9.99 Å². The molecule has 0 aliphatic heterocycles. The number of aromatic nitrogens is 1. The van der Waals surface area contributed by atoms with Crippen LogP contribution in [0.2, 0.25) is 0 Å². The lowest BCUT2D eigenvalue weighted by Gasteiger charge is -2.19. The van der Waals surface area contributed by atoms with Crippen LogP contribution in [-0.4, -0.2) is 24.6 Å². The topological polar surface area (TPSA) is 75.3 Å². The van der Waals surface area contributed by atoms with E-state index in [1.54, 1.807) is 17.4 Å². The number of carbonyl (C=O) groups excluding carboxylic acids is 1. The molecule has 0 saturated carbocycles. The second-order valence-electron chi connectivity index (χ2n) is 5.72. The maximum Gasteiger partial charge on any atom is 0.258 e. The van der Waals surface area contributed by atoms with Gasteiger partial charge in [0.05, 0.1) is 16.9 Å². The van der Waals surface area contributed by atoms with Gasteiger partial charge in [-0.15, -0.1) is 11.3 Å². The third-order valence-corrected chi connectivity index (χ3v) is 5.02. The fraction of sp³-hybridized carbons (Fsp3) is 0.235. The Morgan fingerprint density at radius 1 is 1.33 bits per heavy atom. The van der Waals surface area contributed by atoms with Gasteiger partial charge in [-0.1, -0.05) is 6.07 Å². The molecule has 0 saturated heterocycles. The van der Waals surface area contributed by atoms with Gasteiger partial charge in [0, 0.05) is 43.6 Å². The summed E-state index contributed by atoms with van der Waals surface area (Å²) in [6.07, 6.45) is 1.99. The zero-order valence-electron chi connectivity index (χ0n) is 14.2. The fourth-order valence-corrected chi connectivity index (χ4v) is 3.61. The number of nitrogens with one attached hydrogen (secondary N) is 2. The highest BCUT2D eigenvalue weighted by atomic mass is 32.1. The summed E-state index contributed by atoms with van der Waals surface area (Å²) < 4.78 is 2.03. The molecule has 2 aromatic heterocycles. The quantitative estimate of drug-likeness (QED) is 0.637. The van der Waals surface area contributed by atoms with Crippen molar-refractivity contribution in [2.45, 2.75) is 6.92 Å². The molecule has 3 rings (SSSR count). The van der Waals surface area contributed by atoms with Crippen molar-refractivity contribution in [3.05, 3.63) is 40.9 Å². The summed E-state index contributed by atoms with van der Waals surface area (Å²) in [7, 11) is 5.61. The van der Waals surface area contributed by atoms with Crippen LogP contribution in [0.4, 0.5) is 16.4 Å². The van der Waals surface area contributed by atoms with Crippen LogP contribution >= 0.6 is 11.3 Å². The van der Waals surface area contributed by atoms with Crippen molar-refractivity contribution in [2.75, 3.05) is 30.2 Å². The van der Waals surface area contributed by atoms with Gasteiger partial charge in [0.1, 0.15) is 5.00 Å². The van der Waals surface area contributed by atoms with E-state index in [0.29, 0.717) is 16.3 Å². The Kier molecular flexibility index (Phi) is 4.21. The van der Waals surface area contributed by atoms with Crippen LogP contribution < -0.4 is 21.5 Å². The summed E-state index contributed by atoms with van der Waals surface area (Å²) in [6.45, 7) is 1.99. The fourth-order valence-electron chi connectivity index (χ4n) is 2.79. The highest BCUT2D eigenvalue weighted by Crippen LogP contribution is 2.34. The molecule has 0 fully saturated rings. The first-order valence-corrected chi connectivity index (χ1v) is 8.46. The van der Waals surface area contributed by atoms with Gasteiger partial charge in [-0.05, 0) is 24.6 Å². The molecule has 3 aromatic rings. The number of amides is 1. The molecule has 0 spiro atoms. The van der Waals surface area contributed by atoms with Crippen LogP contribution in [0.3, 0.4) is 0 Å². The smallest absolute Gasteiger partial charge is 0.258 e. The number of hydrogen-bond acceptors (Lipinski definition) is 5. The average molecular weight is 343 g/mol. The van der Waals surface area contributed by atoms with Crippen LogP contribution in [0.5, 0.6) is 0 Å². The molecule has 0 radical (unpaired) electrons. The first-order chi connectivity index (χ1) is 11.4. The lowest BCUT2D eigenvalue weighted by atomic mass is 10.1. The normalized spacial score (nSPS) is 11.0. The van der Waals surface area contributed by atoms with Crippen LogP contribution in [-0.2, 0) is 7.05 Å². The highest BCUT2D eigenvalue weighted by molar-refractivity contribution is 7.15. The van der Waals surface area contributed by atoms with Gasteiger partial charge in [0.25, 0.3) is 5.91 Å². The minimum absolute atomic E-state index is 0.167. The lowest BCUT2D eigenvalue weighted by Crippen LogP contribution is -2.32. The second-order valence-corrected chi connectivity index (χ2v) is 6.63. The average Bonchev–Trinajstić information content (AvgIpc) is 3.13. The van der Waals surface area contributed by atoms with E-state index in [2.05, 4.69) is 16.8 Å².